The molecule has 1 spiro atoms. The molecule has 3 heteroatoms. The first kappa shape index (κ1) is 57.2. The zero-order valence-electron chi connectivity index (χ0n) is 54.5. The highest BCUT2D eigenvalue weighted by molar-refractivity contribution is 6.13. The number of aromatic nitrogens is 2. The quantitative estimate of drug-likeness (QED) is 0.112. The molecule has 0 aliphatic heterocycles. The third-order valence-corrected chi connectivity index (χ3v) is 21.0. The molecule has 3 nitrogen and oxygen atoms in total. The van der Waals surface area contributed by atoms with Gasteiger partial charge < -0.3 is 14.0 Å². The van der Waals surface area contributed by atoms with Gasteiger partial charge in [-0.3, -0.25) is 0 Å². The van der Waals surface area contributed by atoms with Gasteiger partial charge in [-0.05, 0) is 222 Å². The van der Waals surface area contributed by atoms with Crippen LogP contribution in [0.4, 0.5) is 17.1 Å². The normalized spacial score (nSPS) is 14.1. The third kappa shape index (κ3) is 9.16. The van der Waals surface area contributed by atoms with E-state index in [0.717, 1.165) is 45.1 Å². The lowest BCUT2D eigenvalue weighted by Crippen LogP contribution is -2.26. The second-order valence-electron chi connectivity index (χ2n) is 27.3. The Labute approximate surface area is 562 Å². The monoisotopic (exact) mass is 1230 g/mol. The molecular weight excluding hydrogens is 1160 g/mol. The van der Waals surface area contributed by atoms with Gasteiger partial charge in [0.25, 0.3) is 0 Å². The van der Waals surface area contributed by atoms with Crippen LogP contribution in [0.5, 0.6) is 0 Å². The molecule has 0 amide bonds. The molecule has 458 valence electrons. The van der Waals surface area contributed by atoms with Crippen molar-refractivity contribution in [1.29, 1.82) is 0 Å². The fourth-order valence-electron chi connectivity index (χ4n) is 16.6. The van der Waals surface area contributed by atoms with Crippen molar-refractivity contribution in [3.05, 3.63) is 355 Å². The maximum Gasteiger partial charge on any atom is 0.0725 e. The summed E-state index contributed by atoms with van der Waals surface area (Å²) in [5.74, 6) is 1.76. The minimum absolute atomic E-state index is 0.511. The van der Waals surface area contributed by atoms with E-state index >= 15 is 0 Å². The van der Waals surface area contributed by atoms with E-state index in [9.17, 15) is 0 Å². The molecule has 14 aromatic carbocycles. The van der Waals surface area contributed by atoms with Crippen molar-refractivity contribution in [3.63, 3.8) is 0 Å². The van der Waals surface area contributed by atoms with Gasteiger partial charge in [-0.25, -0.2) is 0 Å². The predicted octanol–water partition coefficient (Wildman–Crippen LogP) is 25.1. The minimum atomic E-state index is -0.511. The standard InChI is InChI=1S/C93H71N3/c1-60(2)54-82(61(3)4)66-34-32-64(33-35-66)69-40-49-78-76-26-14-17-29-85(76)93(87(78)57-69)86-30-18-15-27-77(86)79-50-41-70(58-88(79)93)68-43-53-91-84(56-68)83-55-67(42-52-90(83)95(91)71-22-10-6-11-23-71)65-38-46-74(47-39-65)94(73-44-36-63(37-45-73)62-20-8-5-9-21-62)75-48-51-81-80-28-16-19-31-89(80)96(92(81)59-75)72-24-12-7-13-25-72/h5-53,55-61,82H,54H2,1-4H3. The van der Waals surface area contributed by atoms with Crippen molar-refractivity contribution < 1.29 is 0 Å². The number of benzene rings is 14. The molecule has 0 fully saturated rings. The first-order valence-corrected chi connectivity index (χ1v) is 34.1. The average molecular weight is 1230 g/mol. The Hall–Kier alpha value is -11.5. The molecule has 2 unspecified atom stereocenters. The average Bonchev–Trinajstić information content (AvgIpc) is 1.51. The maximum atomic E-state index is 2.54. The van der Waals surface area contributed by atoms with Crippen LogP contribution in [-0.4, -0.2) is 9.13 Å². The lowest BCUT2D eigenvalue weighted by atomic mass is 9.70. The van der Waals surface area contributed by atoms with Crippen molar-refractivity contribution in [2.75, 3.05) is 4.90 Å². The van der Waals surface area contributed by atoms with E-state index in [4.69, 9.17) is 0 Å². The number of fused-ring (bicyclic) bond motifs is 16. The molecule has 2 heterocycles. The zero-order valence-corrected chi connectivity index (χ0v) is 54.5. The lowest BCUT2D eigenvalue weighted by Gasteiger charge is -2.31. The molecule has 0 radical (unpaired) electrons. The van der Waals surface area contributed by atoms with Gasteiger partial charge in [-0.2, -0.15) is 0 Å². The van der Waals surface area contributed by atoms with E-state index in [2.05, 4.69) is 369 Å². The SMILES string of the molecule is CC(C)CC(c1ccc(-c2ccc3c(c2)C2(c4ccccc4-3)c3ccccc3-c3ccc(-c4ccc5c(c4)c4cc(-c6ccc(N(c7ccc(-c8ccccc8)cc7)c7ccc8c9ccccc9n(-c9ccccc9)c8c7)cc6)ccc4n5-c4ccccc4)cc32)cc1)C(C)C. The van der Waals surface area contributed by atoms with E-state index in [1.54, 1.807) is 0 Å². The summed E-state index contributed by atoms with van der Waals surface area (Å²) in [4.78, 5) is 2.40. The van der Waals surface area contributed by atoms with Crippen LogP contribution >= 0.6 is 0 Å². The van der Waals surface area contributed by atoms with Gasteiger partial charge in [0.15, 0.2) is 0 Å². The highest BCUT2D eigenvalue weighted by atomic mass is 15.1. The van der Waals surface area contributed by atoms with Gasteiger partial charge in [0.2, 0.25) is 0 Å². The van der Waals surface area contributed by atoms with Crippen molar-refractivity contribution in [2.45, 2.75) is 45.4 Å². The van der Waals surface area contributed by atoms with Gasteiger partial charge in [0.05, 0.1) is 27.5 Å². The smallest absolute Gasteiger partial charge is 0.0725 e. The first-order valence-electron chi connectivity index (χ1n) is 34.1. The summed E-state index contributed by atoms with van der Waals surface area (Å²) in [6.45, 7) is 9.44. The highest BCUT2D eigenvalue weighted by Gasteiger charge is 2.52. The van der Waals surface area contributed by atoms with E-state index in [0.29, 0.717) is 17.8 Å². The number of hydrogen-bond acceptors (Lipinski definition) is 1. The number of para-hydroxylation sites is 3. The molecule has 0 saturated heterocycles. The van der Waals surface area contributed by atoms with Crippen LogP contribution in [0.15, 0.2) is 328 Å². The van der Waals surface area contributed by atoms with Crippen molar-refractivity contribution in [2.24, 2.45) is 11.8 Å². The number of rotatable bonds is 13. The van der Waals surface area contributed by atoms with Gasteiger partial charge in [0.1, 0.15) is 0 Å². The second kappa shape index (κ2) is 22.9. The van der Waals surface area contributed by atoms with Crippen molar-refractivity contribution >= 4 is 60.7 Å². The van der Waals surface area contributed by atoms with Gasteiger partial charge in [0, 0.05) is 50.0 Å². The molecule has 96 heavy (non-hydrogen) atoms. The van der Waals surface area contributed by atoms with E-state index in [1.807, 2.05) is 0 Å². The van der Waals surface area contributed by atoms with Crippen LogP contribution in [-0.2, 0) is 5.41 Å². The molecule has 2 aliphatic carbocycles. The van der Waals surface area contributed by atoms with Crippen LogP contribution in [0.25, 0.3) is 122 Å². The maximum absolute atomic E-state index is 2.54. The summed E-state index contributed by atoms with van der Waals surface area (Å²) in [5, 5.41) is 4.89. The first-order chi connectivity index (χ1) is 47.2. The molecule has 18 rings (SSSR count). The summed E-state index contributed by atoms with van der Waals surface area (Å²) in [6, 6.07) is 123. The summed E-state index contributed by atoms with van der Waals surface area (Å²) >= 11 is 0. The second-order valence-corrected chi connectivity index (χ2v) is 27.3. The Bertz CT molecular complexity index is 5640. The summed E-state index contributed by atoms with van der Waals surface area (Å²) < 4.78 is 4.85. The Morgan fingerprint density at radius 1 is 0.281 bits per heavy atom. The van der Waals surface area contributed by atoms with Crippen molar-refractivity contribution in [1.82, 2.24) is 9.13 Å². The van der Waals surface area contributed by atoms with E-state index < -0.39 is 5.41 Å². The topological polar surface area (TPSA) is 13.1 Å². The molecule has 0 N–H and O–H groups in total. The van der Waals surface area contributed by atoms with Crippen LogP contribution in [0.1, 0.15) is 67.9 Å². The summed E-state index contributed by atoms with van der Waals surface area (Å²) in [7, 11) is 0. The van der Waals surface area contributed by atoms with E-state index in [-0.39, 0.29) is 0 Å². The molecule has 2 aliphatic rings. The van der Waals surface area contributed by atoms with Crippen molar-refractivity contribution in [3.8, 4) is 78.1 Å². The number of anilines is 3. The van der Waals surface area contributed by atoms with Crippen LogP contribution in [0, 0.1) is 11.8 Å². The Balaban J connectivity index is 0.753. The minimum Gasteiger partial charge on any atom is -0.310 e. The van der Waals surface area contributed by atoms with E-state index in [1.165, 1.54) is 128 Å². The highest BCUT2D eigenvalue weighted by Crippen LogP contribution is 2.64. The molecular formula is C93H71N3. The van der Waals surface area contributed by atoms with Gasteiger partial charge in [-0.1, -0.05) is 252 Å². The van der Waals surface area contributed by atoms with Crippen LogP contribution < -0.4 is 4.90 Å². The molecule has 0 saturated carbocycles. The lowest BCUT2D eigenvalue weighted by molar-refractivity contribution is 0.408. The molecule has 0 bridgehead atoms. The van der Waals surface area contributed by atoms with Crippen LogP contribution in [0.2, 0.25) is 0 Å². The van der Waals surface area contributed by atoms with Crippen LogP contribution in [0.3, 0.4) is 0 Å². The molecule has 2 aromatic heterocycles. The van der Waals surface area contributed by atoms with Gasteiger partial charge in [-0.15, -0.1) is 0 Å². The summed E-state index contributed by atoms with van der Waals surface area (Å²) in [6.07, 6.45) is 1.19. The largest absolute Gasteiger partial charge is 0.310 e. The molecule has 16 aromatic rings. The predicted molar refractivity (Wildman–Crippen MR) is 405 cm³/mol. The Morgan fingerprint density at radius 3 is 1.22 bits per heavy atom. The zero-order chi connectivity index (χ0) is 64.2. The Kier molecular flexibility index (Phi) is 13.6. The number of nitrogens with zero attached hydrogens (tertiary/aromatic N) is 3. The van der Waals surface area contributed by atoms with Gasteiger partial charge >= 0.3 is 0 Å². The third-order valence-electron chi connectivity index (χ3n) is 21.0. The fourth-order valence-corrected chi connectivity index (χ4v) is 16.6. The molecule has 2 atom stereocenters. The Morgan fingerprint density at radius 2 is 0.667 bits per heavy atom. The number of hydrogen-bond donors (Lipinski definition) is 0. The summed E-state index contributed by atoms with van der Waals surface area (Å²) in [5.41, 5.74) is 31.3. The fraction of sp³-hybridized carbons (Fsp3) is 0.0968.